The van der Waals surface area contributed by atoms with E-state index in [0.29, 0.717) is 28.7 Å². The number of hydrogen-bond acceptors (Lipinski definition) is 4. The van der Waals surface area contributed by atoms with E-state index >= 15 is 0 Å². The molecule has 0 saturated heterocycles. The molecule has 32 heavy (non-hydrogen) atoms. The number of methoxy groups -OCH3 is 1. The molecule has 3 aromatic heterocycles. The van der Waals surface area contributed by atoms with Gasteiger partial charge in [0.1, 0.15) is 17.2 Å². The average molecular weight is 455 g/mol. The Morgan fingerprint density at radius 2 is 1.91 bits per heavy atom. The molecule has 0 aliphatic heterocycles. The summed E-state index contributed by atoms with van der Waals surface area (Å²) >= 11 is 0. The Labute approximate surface area is 188 Å². The van der Waals surface area contributed by atoms with E-state index in [1.165, 1.54) is 14.2 Å². The number of nitrogens with zero attached hydrogens (tertiary/aromatic N) is 2. The number of benzene rings is 1. The molecule has 4 rings (SSSR count). The van der Waals surface area contributed by atoms with Crippen LogP contribution in [0.2, 0.25) is 0 Å². The normalized spacial score (nSPS) is 12.3. The molecule has 0 spiro atoms. The molecule has 0 aliphatic carbocycles. The molecule has 0 fully saturated rings. The Bertz CT molecular complexity index is 1480. The Morgan fingerprint density at radius 3 is 2.56 bits per heavy atom. The number of H-pyrrole nitrogens is 1. The number of nitrogens with one attached hydrogen (secondary N) is 1. The number of carbonyl (C=O) groups is 1. The van der Waals surface area contributed by atoms with Crippen molar-refractivity contribution < 1.29 is 9.53 Å². The molecule has 0 aliphatic rings. The minimum absolute atomic E-state index is 0.202. The quantitative estimate of drug-likeness (QED) is 0.367. The van der Waals surface area contributed by atoms with E-state index < -0.39 is 22.0 Å². The van der Waals surface area contributed by atoms with Gasteiger partial charge in [-0.05, 0) is 24.5 Å². The maximum Gasteiger partial charge on any atom is 0.344 e. The third-order valence-electron chi connectivity index (χ3n) is 5.99. The summed E-state index contributed by atoms with van der Waals surface area (Å²) in [6.45, 7) is 6.53. The maximum atomic E-state index is 13.2. The van der Waals surface area contributed by atoms with Gasteiger partial charge >= 0.3 is 11.7 Å². The molecule has 1 atom stereocenters. The lowest BCUT2D eigenvalue weighted by Gasteiger charge is -2.09. The summed E-state index contributed by atoms with van der Waals surface area (Å²) in [5.74, 6) is -0.338. The summed E-state index contributed by atoms with van der Waals surface area (Å²) in [5.41, 5.74) is 2.63. The van der Waals surface area contributed by atoms with Gasteiger partial charge in [0.2, 0.25) is 0 Å². The first-order chi connectivity index (χ1) is 15.2. The molecule has 1 aromatic carbocycles. The fraction of sp³-hybridized carbons (Fsp3) is 0.375. The van der Waals surface area contributed by atoms with E-state index in [4.69, 9.17) is 4.74 Å². The van der Waals surface area contributed by atoms with Crippen LogP contribution in [0.3, 0.4) is 0 Å². The zero-order valence-corrected chi connectivity index (χ0v) is 20.1. The molecule has 4 aromatic rings. The van der Waals surface area contributed by atoms with Crippen LogP contribution in [0.4, 0.5) is 0 Å². The van der Waals surface area contributed by atoms with Crippen LogP contribution in [-0.2, 0) is 31.0 Å². The first kappa shape index (κ1) is 22.1. The molecule has 1 N–H and O–H groups in total. The van der Waals surface area contributed by atoms with Gasteiger partial charge in [-0.25, -0.2) is 14.2 Å². The lowest BCUT2D eigenvalue weighted by Crippen LogP contribution is -2.38. The lowest BCUT2D eigenvalue weighted by molar-refractivity contribution is 0.0602. The zero-order valence-electron chi connectivity index (χ0n) is 19.2. The summed E-state index contributed by atoms with van der Waals surface area (Å²) in [5, 5.41) is 1.39. The van der Waals surface area contributed by atoms with E-state index in [2.05, 4.69) is 11.1 Å². The lowest BCUT2D eigenvalue weighted by atomic mass is 10.0. The highest BCUT2D eigenvalue weighted by Crippen LogP contribution is 2.40. The molecule has 0 amide bonds. The topological polar surface area (TPSA) is 86.1 Å². The van der Waals surface area contributed by atoms with Crippen LogP contribution in [-0.4, -0.2) is 27.2 Å². The van der Waals surface area contributed by atoms with Crippen LogP contribution in [0.15, 0.2) is 33.9 Å². The summed E-state index contributed by atoms with van der Waals surface area (Å²) in [6, 6.07) is 8.04. The number of carbonyl (C=O) groups excluding carboxylic acids is 1. The fourth-order valence-corrected chi connectivity index (χ4v) is 6.52. The van der Waals surface area contributed by atoms with Gasteiger partial charge in [0, 0.05) is 47.1 Å². The number of esters is 1. The van der Waals surface area contributed by atoms with Crippen molar-refractivity contribution in [2.24, 2.45) is 19.2 Å². The number of fused-ring (bicyclic) bond motifs is 2. The Morgan fingerprint density at radius 1 is 1.22 bits per heavy atom. The van der Waals surface area contributed by atoms with Crippen molar-refractivity contribution in [2.45, 2.75) is 33.7 Å². The number of rotatable bonds is 5. The second kappa shape index (κ2) is 8.09. The molecule has 168 valence electrons. The molecule has 3 heterocycles. The number of hydrogen-bond donors (Lipinski definition) is 1. The Kier molecular flexibility index (Phi) is 5.58. The second-order valence-electron chi connectivity index (χ2n) is 8.58. The van der Waals surface area contributed by atoms with E-state index in [1.807, 2.05) is 45.2 Å². The number of para-hydroxylation sites is 1. The molecule has 7 nitrogen and oxygen atoms in total. The number of aromatic nitrogens is 3. The predicted molar refractivity (Wildman–Crippen MR) is 129 cm³/mol. The van der Waals surface area contributed by atoms with Crippen LogP contribution in [0.25, 0.3) is 21.1 Å². The summed E-state index contributed by atoms with van der Waals surface area (Å²) in [4.78, 5) is 44.1. The van der Waals surface area contributed by atoms with Crippen molar-refractivity contribution >= 4 is 37.6 Å². The molecule has 0 saturated carbocycles. The van der Waals surface area contributed by atoms with Crippen molar-refractivity contribution in [1.82, 2.24) is 14.1 Å². The summed E-state index contributed by atoms with van der Waals surface area (Å²) in [6.07, 6.45) is 2.48. The van der Waals surface area contributed by atoms with Crippen molar-refractivity contribution in [1.29, 1.82) is 0 Å². The maximum absolute atomic E-state index is 13.2. The van der Waals surface area contributed by atoms with Crippen LogP contribution >= 0.6 is 10.5 Å². The average Bonchev–Trinajstić information content (AvgIpc) is 3.23. The van der Waals surface area contributed by atoms with Crippen molar-refractivity contribution in [3.8, 4) is 0 Å². The highest BCUT2D eigenvalue weighted by atomic mass is 32.2. The van der Waals surface area contributed by atoms with Crippen LogP contribution in [0, 0.1) is 12.8 Å². The third-order valence-corrected chi connectivity index (χ3v) is 8.08. The van der Waals surface area contributed by atoms with Gasteiger partial charge in [-0.3, -0.25) is 9.36 Å². The van der Waals surface area contributed by atoms with Crippen molar-refractivity contribution in [2.75, 3.05) is 7.11 Å². The monoisotopic (exact) mass is 454 g/mol. The van der Waals surface area contributed by atoms with Crippen LogP contribution < -0.4 is 11.2 Å². The molecule has 1 unspecified atom stereocenters. The Hall–Kier alpha value is -3.13. The van der Waals surface area contributed by atoms with Gasteiger partial charge in [-0.2, -0.15) is 0 Å². The van der Waals surface area contributed by atoms with E-state index in [-0.39, 0.29) is 11.6 Å². The fourth-order valence-electron chi connectivity index (χ4n) is 4.45. The van der Waals surface area contributed by atoms with Gasteiger partial charge in [0.25, 0.3) is 10.4 Å². The van der Waals surface area contributed by atoms with Gasteiger partial charge in [0.15, 0.2) is 4.88 Å². The van der Waals surface area contributed by atoms with E-state index in [1.54, 1.807) is 4.57 Å². The highest BCUT2D eigenvalue weighted by Gasteiger charge is 2.36. The molecule has 0 radical (unpaired) electrons. The number of aryl methyl sites for hydroxylation is 2. The first-order valence-corrected chi connectivity index (χ1v) is 12.2. The standard InChI is InChI=1S/C24H28N3O4S/c1-13(2)12-27-22-20(21(28)26(4)24(27)30)19(23(29)31-5)18(32(22)6)11-16-14(3)25-17-10-8-7-9-15(16)17/h7-10,13,25H,11-12H2,1-6H3/q+1. The van der Waals surface area contributed by atoms with Gasteiger partial charge in [-0.15, -0.1) is 0 Å². The minimum atomic E-state index is -0.616. The van der Waals surface area contributed by atoms with E-state index in [0.717, 1.165) is 31.6 Å². The van der Waals surface area contributed by atoms with Gasteiger partial charge in [0.05, 0.1) is 7.11 Å². The molecule has 0 bridgehead atoms. The van der Waals surface area contributed by atoms with E-state index in [9.17, 15) is 14.4 Å². The summed E-state index contributed by atoms with van der Waals surface area (Å²) < 4.78 is 7.88. The molecule has 8 heteroatoms. The molecular formula is C24H28N3O4S+. The molecular weight excluding hydrogens is 426 g/mol. The number of thiophene rings is 1. The summed E-state index contributed by atoms with van der Waals surface area (Å²) in [7, 11) is 2.17. The Balaban J connectivity index is 2.11. The van der Waals surface area contributed by atoms with Crippen LogP contribution in [0.5, 0.6) is 0 Å². The largest absolute Gasteiger partial charge is 0.465 e. The SMILES string of the molecule is COC(=O)c1c(Cc2c(C)[nH]c3ccccc23)[s+](C)c2c1c(=O)n(C)c(=O)n2CC(C)C. The van der Waals surface area contributed by atoms with Gasteiger partial charge < -0.3 is 9.72 Å². The van der Waals surface area contributed by atoms with Crippen molar-refractivity contribution in [3.05, 3.63) is 66.8 Å². The van der Waals surface area contributed by atoms with Crippen LogP contribution in [0.1, 0.15) is 40.3 Å². The first-order valence-electron chi connectivity index (χ1n) is 10.5. The number of aromatic amines is 1. The number of ether oxygens (including phenoxy) is 1. The van der Waals surface area contributed by atoms with Crippen molar-refractivity contribution in [3.63, 3.8) is 0 Å². The van der Waals surface area contributed by atoms with Gasteiger partial charge in [-0.1, -0.05) is 32.0 Å². The highest BCUT2D eigenvalue weighted by molar-refractivity contribution is 7.35. The predicted octanol–water partition coefficient (Wildman–Crippen LogP) is 3.81. The smallest absolute Gasteiger partial charge is 0.344 e. The zero-order chi connectivity index (χ0) is 23.3. The minimum Gasteiger partial charge on any atom is -0.465 e. The second-order valence-corrected chi connectivity index (χ2v) is 10.5. The third kappa shape index (κ3) is 3.30.